The van der Waals surface area contributed by atoms with Crippen LogP contribution < -0.4 is 10.1 Å². The molecule has 1 aliphatic heterocycles. The maximum absolute atomic E-state index is 13.1. The van der Waals surface area contributed by atoms with Crippen LogP contribution in [0.25, 0.3) is 5.69 Å². The minimum atomic E-state index is -0.545. The molecule has 1 aliphatic carbocycles. The predicted molar refractivity (Wildman–Crippen MR) is 117 cm³/mol. The van der Waals surface area contributed by atoms with E-state index in [2.05, 4.69) is 30.3 Å². The quantitative estimate of drug-likeness (QED) is 0.653. The van der Waals surface area contributed by atoms with Crippen molar-refractivity contribution >= 4 is 5.91 Å². The highest BCUT2D eigenvalue weighted by Gasteiger charge is 2.36. The topological polar surface area (TPSA) is 66.4 Å². The molecule has 0 saturated carbocycles. The Labute approximate surface area is 181 Å². The lowest BCUT2D eigenvalue weighted by molar-refractivity contribution is -0.692. The Morgan fingerprint density at radius 3 is 2.42 bits per heavy atom. The van der Waals surface area contributed by atoms with Gasteiger partial charge in [-0.2, -0.15) is 0 Å². The van der Waals surface area contributed by atoms with E-state index in [1.807, 2.05) is 26.0 Å². The number of benzene rings is 2. The molecule has 31 heavy (non-hydrogen) atoms. The number of aryl methyl sites for hydroxylation is 2. The fourth-order valence-electron chi connectivity index (χ4n) is 4.86. The molecule has 2 aliphatic rings. The van der Waals surface area contributed by atoms with Gasteiger partial charge in [0, 0.05) is 30.6 Å². The Bertz CT molecular complexity index is 1260. The summed E-state index contributed by atoms with van der Waals surface area (Å²) in [6, 6.07) is 14.6. The van der Waals surface area contributed by atoms with Crippen molar-refractivity contribution in [2.24, 2.45) is 0 Å². The number of nitrogens with zero attached hydrogens (tertiary/aromatic N) is 3. The summed E-state index contributed by atoms with van der Waals surface area (Å²) < 4.78 is 3.53. The van der Waals surface area contributed by atoms with Gasteiger partial charge in [-0.05, 0) is 43.4 Å². The van der Waals surface area contributed by atoms with Gasteiger partial charge in [0.05, 0.1) is 6.54 Å². The summed E-state index contributed by atoms with van der Waals surface area (Å²) in [5.74, 6) is -0.781. The van der Waals surface area contributed by atoms with Crippen molar-refractivity contribution in [1.82, 2.24) is 9.58 Å². The first-order valence-electron chi connectivity index (χ1n) is 10.8. The molecular weight excluding hydrogens is 390 g/mol. The zero-order valence-corrected chi connectivity index (χ0v) is 17.8. The minimum Gasteiger partial charge on any atom is -0.502 e. The van der Waals surface area contributed by atoms with E-state index in [0.29, 0.717) is 13.1 Å². The number of amides is 1. The maximum atomic E-state index is 13.1. The molecule has 1 amide bonds. The van der Waals surface area contributed by atoms with Crippen LogP contribution >= 0.6 is 0 Å². The van der Waals surface area contributed by atoms with Gasteiger partial charge in [-0.3, -0.25) is 9.59 Å². The summed E-state index contributed by atoms with van der Waals surface area (Å²) >= 11 is 0. The van der Waals surface area contributed by atoms with Crippen molar-refractivity contribution in [2.45, 2.75) is 45.7 Å². The first kappa shape index (κ1) is 19.5. The molecule has 2 heterocycles. The van der Waals surface area contributed by atoms with Crippen LogP contribution in [0.2, 0.25) is 0 Å². The highest BCUT2D eigenvalue weighted by atomic mass is 16.3. The van der Waals surface area contributed by atoms with Crippen molar-refractivity contribution in [2.75, 3.05) is 6.54 Å². The molecule has 0 bridgehead atoms. The number of aromatic nitrogens is 2. The number of carbonyl (C=O) groups is 1. The van der Waals surface area contributed by atoms with Crippen molar-refractivity contribution in [3.8, 4) is 11.4 Å². The van der Waals surface area contributed by atoms with E-state index in [9.17, 15) is 14.7 Å². The Morgan fingerprint density at radius 1 is 0.935 bits per heavy atom. The molecule has 0 unspecified atom stereocenters. The second-order valence-corrected chi connectivity index (χ2v) is 8.61. The summed E-state index contributed by atoms with van der Waals surface area (Å²) in [7, 11) is 0. The van der Waals surface area contributed by atoms with Crippen LogP contribution in [0.15, 0.2) is 53.5 Å². The van der Waals surface area contributed by atoms with Crippen LogP contribution in [0.3, 0.4) is 0 Å². The van der Waals surface area contributed by atoms with Crippen LogP contribution in [0.5, 0.6) is 5.75 Å². The van der Waals surface area contributed by atoms with E-state index in [1.54, 1.807) is 14.3 Å². The van der Waals surface area contributed by atoms with Gasteiger partial charge in [0.15, 0.2) is 0 Å². The molecule has 158 valence electrons. The molecule has 0 fully saturated rings. The zero-order valence-electron chi connectivity index (χ0n) is 17.8. The first-order valence-corrected chi connectivity index (χ1v) is 10.8. The van der Waals surface area contributed by atoms with Gasteiger partial charge in [0.2, 0.25) is 17.1 Å². The molecule has 0 spiro atoms. The molecule has 1 N–H and O–H groups in total. The van der Waals surface area contributed by atoms with E-state index >= 15 is 0 Å². The highest BCUT2D eigenvalue weighted by Crippen LogP contribution is 2.28. The number of carbonyl (C=O) groups excluding carboxylic acids is 1. The number of hydrogen-bond acceptors (Lipinski definition) is 3. The molecule has 6 nitrogen and oxygen atoms in total. The molecule has 2 aromatic carbocycles. The van der Waals surface area contributed by atoms with Crippen molar-refractivity contribution in [3.05, 3.63) is 86.8 Å². The summed E-state index contributed by atoms with van der Waals surface area (Å²) in [6.45, 7) is 4.92. The lowest BCUT2D eigenvalue weighted by Gasteiger charge is -2.31. The predicted octanol–water partition coefficient (Wildman–Crippen LogP) is 2.38. The van der Waals surface area contributed by atoms with Crippen LogP contribution in [0.1, 0.15) is 46.6 Å². The van der Waals surface area contributed by atoms with E-state index < -0.39 is 11.2 Å². The van der Waals surface area contributed by atoms with Gasteiger partial charge in [-0.1, -0.05) is 41.1 Å². The van der Waals surface area contributed by atoms with E-state index in [4.69, 9.17) is 0 Å². The van der Waals surface area contributed by atoms with E-state index in [0.717, 1.165) is 30.5 Å². The first-order chi connectivity index (χ1) is 15.0. The summed E-state index contributed by atoms with van der Waals surface area (Å²) in [6.07, 6.45) is 4.08. The summed E-state index contributed by atoms with van der Waals surface area (Å²) in [5.41, 5.74) is 5.46. The molecule has 0 saturated heterocycles. The number of fused-ring (bicyclic) bond motifs is 3. The van der Waals surface area contributed by atoms with Crippen LogP contribution in [-0.4, -0.2) is 33.2 Å². The van der Waals surface area contributed by atoms with Crippen molar-refractivity contribution in [1.29, 1.82) is 0 Å². The summed E-state index contributed by atoms with van der Waals surface area (Å²) in [5, 5.41) is 10.5. The largest absolute Gasteiger partial charge is 0.502 e. The van der Waals surface area contributed by atoms with Gasteiger partial charge in [0.25, 0.3) is 17.5 Å². The standard InChI is InChI=1S/C25H25N3O3/c1-16(2)26-12-13-27-23(25(26)31)24(30)22(29)15-28(27)21-9-5-8-18-11-10-17-6-3-4-7-19(17)14-20(18)21/h3-9,15-16H,10-14H2,1-2H3/p+1. The molecule has 3 aromatic rings. The molecule has 5 rings (SSSR count). The number of rotatable bonds is 2. The Morgan fingerprint density at radius 2 is 1.65 bits per heavy atom. The minimum absolute atomic E-state index is 0.00564. The maximum Gasteiger partial charge on any atom is 0.288 e. The fraction of sp³-hybridized carbons (Fsp3) is 0.320. The summed E-state index contributed by atoms with van der Waals surface area (Å²) in [4.78, 5) is 27.5. The third-order valence-corrected chi connectivity index (χ3v) is 6.50. The van der Waals surface area contributed by atoms with Gasteiger partial charge in [0.1, 0.15) is 0 Å². The third-order valence-electron chi connectivity index (χ3n) is 6.50. The van der Waals surface area contributed by atoms with Crippen LogP contribution in [0, 0.1) is 0 Å². The smallest absolute Gasteiger partial charge is 0.288 e. The third kappa shape index (κ3) is 3.14. The van der Waals surface area contributed by atoms with Gasteiger partial charge in [-0.25, -0.2) is 0 Å². The molecular formula is C25H26N3O3+. The molecule has 0 radical (unpaired) electrons. The second kappa shape index (κ2) is 7.38. The molecule has 1 aromatic heterocycles. The Kier molecular flexibility index (Phi) is 4.65. The lowest BCUT2D eigenvalue weighted by atomic mass is 9.98. The van der Waals surface area contributed by atoms with Crippen molar-refractivity contribution in [3.63, 3.8) is 0 Å². The number of hydrogen-bond donors (Lipinski definition) is 1. The number of aromatic hydroxyl groups is 1. The normalized spacial score (nSPS) is 15.3. The second-order valence-electron chi connectivity index (χ2n) is 8.61. The SMILES string of the molecule is CC(C)N1CCn2c(c(O)c(=O)c[n+]2-c2cccc3c2Cc2ccccc2CC3)C1=O. The van der Waals surface area contributed by atoms with Crippen LogP contribution in [0.4, 0.5) is 0 Å². The van der Waals surface area contributed by atoms with Gasteiger partial charge in [-0.15, -0.1) is 4.68 Å². The molecule has 0 atom stereocenters. The molecule has 6 heteroatoms. The monoisotopic (exact) mass is 416 g/mol. The highest BCUT2D eigenvalue weighted by molar-refractivity contribution is 5.95. The van der Waals surface area contributed by atoms with Gasteiger partial charge >= 0.3 is 0 Å². The van der Waals surface area contributed by atoms with Crippen LogP contribution in [-0.2, 0) is 25.8 Å². The van der Waals surface area contributed by atoms with Gasteiger partial charge < -0.3 is 10.0 Å². The van der Waals surface area contributed by atoms with E-state index in [1.165, 1.54) is 22.9 Å². The average molecular weight is 417 g/mol. The zero-order chi connectivity index (χ0) is 21.7. The Balaban J connectivity index is 1.72. The lowest BCUT2D eigenvalue weighted by Crippen LogP contribution is -2.56. The Hall–Kier alpha value is -3.41. The van der Waals surface area contributed by atoms with E-state index in [-0.39, 0.29) is 17.6 Å². The van der Waals surface area contributed by atoms with Crippen molar-refractivity contribution < 1.29 is 14.6 Å². The average Bonchev–Trinajstić information content (AvgIpc) is 2.95. The fourth-order valence-corrected chi connectivity index (χ4v) is 4.86.